The first-order valence-electron chi connectivity index (χ1n) is 4.21. The Bertz CT molecular complexity index is 426. The molecule has 0 radical (unpaired) electrons. The van der Waals surface area contributed by atoms with E-state index in [1.807, 2.05) is 6.92 Å². The van der Waals surface area contributed by atoms with Gasteiger partial charge in [0.05, 0.1) is 11.8 Å². The number of nitrogens with zero attached hydrogens (tertiary/aromatic N) is 2. The van der Waals surface area contributed by atoms with Crippen molar-refractivity contribution in [3.8, 4) is 5.75 Å². The van der Waals surface area contributed by atoms with E-state index in [4.69, 9.17) is 4.74 Å². The molecule has 2 heterocycles. The van der Waals surface area contributed by atoms with E-state index in [2.05, 4.69) is 11.6 Å². The summed E-state index contributed by atoms with van der Waals surface area (Å²) in [4.78, 5) is 17.2. The summed E-state index contributed by atoms with van der Waals surface area (Å²) in [6.45, 7) is 5.45. The topological polar surface area (TPSA) is 42.4 Å². The Morgan fingerprint density at radius 2 is 2.29 bits per heavy atom. The number of carbonyl (C=O) groups excluding carboxylic acids is 1. The molecular weight excluding hydrogens is 180 g/mol. The molecule has 0 aliphatic carbocycles. The molecule has 14 heavy (non-hydrogen) atoms. The molecule has 0 atom stereocenters. The molecule has 0 fully saturated rings. The van der Waals surface area contributed by atoms with Crippen LogP contribution in [-0.4, -0.2) is 22.8 Å². The third kappa shape index (κ3) is 1.16. The van der Waals surface area contributed by atoms with Gasteiger partial charge in [0.1, 0.15) is 0 Å². The molecule has 1 aliphatic heterocycles. The van der Waals surface area contributed by atoms with Gasteiger partial charge in [-0.05, 0) is 19.6 Å². The van der Waals surface area contributed by atoms with E-state index in [1.165, 1.54) is 4.90 Å². The third-order valence-electron chi connectivity index (χ3n) is 2.14. The normalized spacial score (nSPS) is 15.1. The number of ether oxygens (including phenoxy) is 1. The monoisotopic (exact) mass is 190 g/mol. The molecule has 1 amide bonds. The van der Waals surface area contributed by atoms with Crippen molar-refractivity contribution in [2.24, 2.45) is 0 Å². The molecule has 2 rings (SSSR count). The lowest BCUT2D eigenvalue weighted by Crippen LogP contribution is -2.32. The van der Waals surface area contributed by atoms with Crippen molar-refractivity contribution in [1.82, 2.24) is 9.88 Å². The maximum Gasteiger partial charge on any atom is 0.264 e. The number of aryl methyl sites for hydroxylation is 1. The Hall–Kier alpha value is -1.84. The van der Waals surface area contributed by atoms with Crippen molar-refractivity contribution in [3.05, 3.63) is 36.0 Å². The van der Waals surface area contributed by atoms with Gasteiger partial charge in [-0.3, -0.25) is 14.7 Å². The highest BCUT2D eigenvalue weighted by atomic mass is 16.5. The lowest BCUT2D eigenvalue weighted by molar-refractivity contribution is 0.0742. The fourth-order valence-electron chi connectivity index (χ4n) is 1.29. The van der Waals surface area contributed by atoms with E-state index in [-0.39, 0.29) is 5.91 Å². The zero-order chi connectivity index (χ0) is 10.3. The van der Waals surface area contributed by atoms with Crippen LogP contribution in [-0.2, 0) is 0 Å². The van der Waals surface area contributed by atoms with Crippen molar-refractivity contribution in [2.75, 3.05) is 7.05 Å². The minimum absolute atomic E-state index is 0.109. The van der Waals surface area contributed by atoms with Gasteiger partial charge in [0.25, 0.3) is 5.91 Å². The van der Waals surface area contributed by atoms with Crippen LogP contribution in [0.15, 0.2) is 24.7 Å². The molecule has 0 unspecified atom stereocenters. The number of hydrogen-bond acceptors (Lipinski definition) is 3. The molecule has 0 bridgehead atoms. The number of carbonyl (C=O) groups is 1. The SMILES string of the molecule is C=C1Oc2cnc(C)cc2C(=O)N1C. The zero-order valence-corrected chi connectivity index (χ0v) is 8.07. The van der Waals surface area contributed by atoms with Crippen molar-refractivity contribution >= 4 is 5.91 Å². The average Bonchev–Trinajstić information content (AvgIpc) is 2.16. The number of pyridine rings is 1. The molecule has 1 aromatic rings. The maximum atomic E-state index is 11.7. The maximum absolute atomic E-state index is 11.7. The van der Waals surface area contributed by atoms with Gasteiger partial charge < -0.3 is 4.74 Å². The van der Waals surface area contributed by atoms with Gasteiger partial charge in [0.2, 0.25) is 0 Å². The lowest BCUT2D eigenvalue weighted by Gasteiger charge is -2.26. The van der Waals surface area contributed by atoms with Crippen LogP contribution in [0.25, 0.3) is 0 Å². The van der Waals surface area contributed by atoms with E-state index < -0.39 is 0 Å². The Morgan fingerprint density at radius 3 is 3.00 bits per heavy atom. The summed E-state index contributed by atoms with van der Waals surface area (Å²) < 4.78 is 5.32. The number of hydrogen-bond donors (Lipinski definition) is 0. The van der Waals surface area contributed by atoms with Crippen LogP contribution in [0.3, 0.4) is 0 Å². The van der Waals surface area contributed by atoms with Crippen LogP contribution in [0, 0.1) is 6.92 Å². The summed E-state index contributed by atoms with van der Waals surface area (Å²) in [5.41, 5.74) is 1.33. The Kier molecular flexibility index (Phi) is 1.77. The van der Waals surface area contributed by atoms with Crippen LogP contribution in [0.5, 0.6) is 5.75 Å². The van der Waals surface area contributed by atoms with Gasteiger partial charge in [-0.25, -0.2) is 0 Å². The number of aromatic nitrogens is 1. The van der Waals surface area contributed by atoms with Crippen LogP contribution in [0.2, 0.25) is 0 Å². The highest BCUT2D eigenvalue weighted by Gasteiger charge is 2.26. The van der Waals surface area contributed by atoms with E-state index >= 15 is 0 Å². The van der Waals surface area contributed by atoms with Crippen LogP contribution in [0.4, 0.5) is 0 Å². The number of rotatable bonds is 0. The van der Waals surface area contributed by atoms with Gasteiger partial charge in [-0.15, -0.1) is 0 Å². The summed E-state index contributed by atoms with van der Waals surface area (Å²) >= 11 is 0. The van der Waals surface area contributed by atoms with Gasteiger partial charge in [0, 0.05) is 12.7 Å². The molecule has 0 spiro atoms. The first-order chi connectivity index (χ1) is 6.59. The van der Waals surface area contributed by atoms with Crippen molar-refractivity contribution in [3.63, 3.8) is 0 Å². The van der Waals surface area contributed by atoms with E-state index in [0.717, 1.165) is 5.69 Å². The van der Waals surface area contributed by atoms with Gasteiger partial charge in [-0.1, -0.05) is 0 Å². The van der Waals surface area contributed by atoms with E-state index in [1.54, 1.807) is 19.3 Å². The third-order valence-corrected chi connectivity index (χ3v) is 2.14. The molecule has 1 aliphatic rings. The van der Waals surface area contributed by atoms with Crippen molar-refractivity contribution in [2.45, 2.75) is 6.92 Å². The zero-order valence-electron chi connectivity index (χ0n) is 8.07. The average molecular weight is 190 g/mol. The quantitative estimate of drug-likeness (QED) is 0.619. The molecule has 72 valence electrons. The second-order valence-corrected chi connectivity index (χ2v) is 3.18. The minimum Gasteiger partial charge on any atom is -0.439 e. The first kappa shape index (κ1) is 8.74. The van der Waals surface area contributed by atoms with E-state index in [9.17, 15) is 4.79 Å². The Morgan fingerprint density at radius 1 is 1.57 bits per heavy atom. The molecule has 4 heteroatoms. The Balaban J connectivity index is 2.57. The highest BCUT2D eigenvalue weighted by molar-refractivity contribution is 5.98. The standard InChI is InChI=1S/C10H10N2O2/c1-6-4-8-9(5-11-6)14-7(2)12(3)10(8)13/h4-5H,2H2,1,3H3. The van der Waals surface area contributed by atoms with E-state index in [0.29, 0.717) is 17.2 Å². The molecule has 0 saturated heterocycles. The largest absolute Gasteiger partial charge is 0.439 e. The van der Waals surface area contributed by atoms with Gasteiger partial charge >= 0.3 is 0 Å². The Labute approximate surface area is 81.8 Å². The summed E-state index contributed by atoms with van der Waals surface area (Å²) in [6.07, 6.45) is 1.54. The van der Waals surface area contributed by atoms with Gasteiger partial charge in [-0.2, -0.15) is 0 Å². The fourth-order valence-corrected chi connectivity index (χ4v) is 1.29. The summed E-state index contributed by atoms with van der Waals surface area (Å²) in [7, 11) is 1.63. The predicted octanol–water partition coefficient (Wildman–Crippen LogP) is 1.33. The smallest absolute Gasteiger partial charge is 0.264 e. The fraction of sp³-hybridized carbons (Fsp3) is 0.200. The molecule has 1 aromatic heterocycles. The van der Waals surface area contributed by atoms with Crippen molar-refractivity contribution < 1.29 is 9.53 Å². The minimum atomic E-state index is -0.109. The molecule has 0 aromatic carbocycles. The number of amides is 1. The summed E-state index contributed by atoms with van der Waals surface area (Å²) in [5, 5.41) is 0. The van der Waals surface area contributed by atoms with Crippen LogP contribution >= 0.6 is 0 Å². The summed E-state index contributed by atoms with van der Waals surface area (Å²) in [6, 6.07) is 1.71. The molecule has 4 nitrogen and oxygen atoms in total. The van der Waals surface area contributed by atoms with Gasteiger partial charge in [0.15, 0.2) is 11.6 Å². The highest BCUT2D eigenvalue weighted by Crippen LogP contribution is 2.27. The second-order valence-electron chi connectivity index (χ2n) is 3.18. The molecule has 0 saturated carbocycles. The number of fused-ring (bicyclic) bond motifs is 1. The molecule has 0 N–H and O–H groups in total. The van der Waals surface area contributed by atoms with Crippen LogP contribution < -0.4 is 4.74 Å². The summed E-state index contributed by atoms with van der Waals surface area (Å²) in [5.74, 6) is 0.693. The van der Waals surface area contributed by atoms with Crippen LogP contribution in [0.1, 0.15) is 16.1 Å². The second kappa shape index (κ2) is 2.83. The van der Waals surface area contributed by atoms with Crippen molar-refractivity contribution in [1.29, 1.82) is 0 Å². The lowest BCUT2D eigenvalue weighted by atomic mass is 10.1. The molecular formula is C10H10N2O2. The predicted molar refractivity (Wildman–Crippen MR) is 50.8 cm³/mol. The first-order valence-corrected chi connectivity index (χ1v) is 4.21.